The van der Waals surface area contributed by atoms with Gasteiger partial charge >= 0.3 is 0 Å². The SMILES string of the molecule is Cn1cc(Nc2nccc(-c3ccc4c(c3)CN(C3COC3)CC[C@@H]4CC(=O)c3nnc(C(C)(C)C)o3)n2)cn1. The monoisotopic (exact) mass is 542 g/mol. The number of carbonyl (C=O) groups is 1. The van der Waals surface area contributed by atoms with Gasteiger partial charge in [0.15, 0.2) is 0 Å². The van der Waals surface area contributed by atoms with Gasteiger partial charge in [0.2, 0.25) is 17.6 Å². The summed E-state index contributed by atoms with van der Waals surface area (Å²) >= 11 is 0. The van der Waals surface area contributed by atoms with Crippen molar-refractivity contribution in [1.82, 2.24) is 34.8 Å². The first-order chi connectivity index (χ1) is 19.2. The van der Waals surface area contributed by atoms with Gasteiger partial charge in [-0.25, -0.2) is 9.97 Å². The Balaban J connectivity index is 1.28. The normalized spacial score (nSPS) is 18.1. The van der Waals surface area contributed by atoms with Gasteiger partial charge in [-0.3, -0.25) is 14.4 Å². The van der Waals surface area contributed by atoms with Crippen molar-refractivity contribution >= 4 is 17.4 Å². The van der Waals surface area contributed by atoms with Crippen molar-refractivity contribution in [3.05, 3.63) is 65.8 Å². The average molecular weight is 543 g/mol. The Morgan fingerprint density at radius 3 is 2.73 bits per heavy atom. The molecule has 1 fully saturated rings. The lowest BCUT2D eigenvalue weighted by Gasteiger charge is -2.36. The molecule has 0 spiro atoms. The maximum atomic E-state index is 13.3. The molecule has 1 atom stereocenters. The third-order valence-corrected chi connectivity index (χ3v) is 7.51. The van der Waals surface area contributed by atoms with E-state index in [2.05, 4.69) is 48.7 Å². The Morgan fingerprint density at radius 1 is 1.18 bits per heavy atom. The molecular formula is C29H34N8O3. The molecule has 2 aliphatic heterocycles. The zero-order chi connectivity index (χ0) is 27.9. The molecule has 0 radical (unpaired) electrons. The fraction of sp³-hybridized carbons (Fsp3) is 0.448. The summed E-state index contributed by atoms with van der Waals surface area (Å²) in [6, 6.07) is 8.73. The van der Waals surface area contributed by atoms with Crippen LogP contribution in [0.15, 0.2) is 47.3 Å². The Morgan fingerprint density at radius 2 is 2.02 bits per heavy atom. The number of nitrogens with zero attached hydrogens (tertiary/aromatic N) is 7. The number of ketones is 1. The van der Waals surface area contributed by atoms with Crippen LogP contribution in [0, 0.1) is 0 Å². The summed E-state index contributed by atoms with van der Waals surface area (Å²) in [6.07, 6.45) is 6.54. The van der Waals surface area contributed by atoms with Crippen LogP contribution in [-0.4, -0.2) is 66.4 Å². The molecule has 0 amide bonds. The van der Waals surface area contributed by atoms with Crippen LogP contribution in [-0.2, 0) is 23.7 Å². The molecule has 11 heteroatoms. The van der Waals surface area contributed by atoms with E-state index in [0.717, 1.165) is 49.7 Å². The van der Waals surface area contributed by atoms with Gasteiger partial charge in [0.05, 0.1) is 36.8 Å². The first kappa shape index (κ1) is 26.3. The van der Waals surface area contributed by atoms with E-state index in [9.17, 15) is 4.79 Å². The molecule has 208 valence electrons. The highest BCUT2D eigenvalue weighted by Gasteiger charge is 2.33. The second-order valence-corrected chi connectivity index (χ2v) is 11.6. The molecule has 5 heterocycles. The van der Waals surface area contributed by atoms with Crippen molar-refractivity contribution in [2.45, 2.75) is 57.5 Å². The highest BCUT2D eigenvalue weighted by Crippen LogP contribution is 2.36. The number of aryl methyl sites for hydroxylation is 1. The Hall–Kier alpha value is -3.96. The number of aromatic nitrogens is 6. The number of hydrogen-bond acceptors (Lipinski definition) is 10. The fourth-order valence-corrected chi connectivity index (χ4v) is 5.18. The zero-order valence-electron chi connectivity index (χ0n) is 23.3. The van der Waals surface area contributed by atoms with Crippen molar-refractivity contribution in [2.24, 2.45) is 7.05 Å². The average Bonchev–Trinajstić information content (AvgIpc) is 3.51. The molecule has 4 aromatic rings. The maximum Gasteiger partial charge on any atom is 0.284 e. The molecule has 1 saturated heterocycles. The van der Waals surface area contributed by atoms with Gasteiger partial charge in [-0.1, -0.05) is 32.9 Å². The van der Waals surface area contributed by atoms with Crippen molar-refractivity contribution < 1.29 is 13.9 Å². The van der Waals surface area contributed by atoms with Crippen LogP contribution in [0.3, 0.4) is 0 Å². The molecular weight excluding hydrogens is 508 g/mol. The third-order valence-electron chi connectivity index (χ3n) is 7.51. The number of benzene rings is 1. The van der Waals surface area contributed by atoms with Crippen LogP contribution in [0.1, 0.15) is 67.2 Å². The van der Waals surface area contributed by atoms with Gasteiger partial charge in [0, 0.05) is 43.4 Å². The molecule has 2 aliphatic rings. The number of Topliss-reactive ketones (excluding diaryl/α,β-unsaturated/α-hetero) is 1. The number of anilines is 2. The van der Waals surface area contributed by atoms with E-state index >= 15 is 0 Å². The van der Waals surface area contributed by atoms with Crippen LogP contribution in [0.4, 0.5) is 11.6 Å². The quantitative estimate of drug-likeness (QED) is 0.339. The smallest absolute Gasteiger partial charge is 0.284 e. The predicted molar refractivity (Wildman–Crippen MR) is 148 cm³/mol. The van der Waals surface area contributed by atoms with Gasteiger partial charge < -0.3 is 14.5 Å². The van der Waals surface area contributed by atoms with Crippen molar-refractivity contribution in [3.63, 3.8) is 0 Å². The fourth-order valence-electron chi connectivity index (χ4n) is 5.18. The second kappa shape index (κ2) is 10.5. The van der Waals surface area contributed by atoms with E-state index in [-0.39, 0.29) is 23.0 Å². The molecule has 1 aromatic carbocycles. The predicted octanol–water partition coefficient (Wildman–Crippen LogP) is 4.26. The van der Waals surface area contributed by atoms with E-state index in [1.54, 1.807) is 17.1 Å². The Labute approximate surface area is 233 Å². The van der Waals surface area contributed by atoms with Crippen molar-refractivity contribution in [2.75, 3.05) is 25.1 Å². The minimum absolute atomic E-state index is 0.0424. The lowest BCUT2D eigenvalue weighted by molar-refractivity contribution is -0.0677. The molecule has 0 saturated carbocycles. The Bertz CT molecular complexity index is 1520. The molecule has 40 heavy (non-hydrogen) atoms. The summed E-state index contributed by atoms with van der Waals surface area (Å²) in [5, 5.41) is 15.6. The van der Waals surface area contributed by atoms with Gasteiger partial charge in [0.1, 0.15) is 0 Å². The van der Waals surface area contributed by atoms with E-state index < -0.39 is 0 Å². The summed E-state index contributed by atoms with van der Waals surface area (Å²) in [5.41, 5.74) is 4.71. The first-order valence-corrected chi connectivity index (χ1v) is 13.6. The van der Waals surface area contributed by atoms with Crippen molar-refractivity contribution in [1.29, 1.82) is 0 Å². The summed E-state index contributed by atoms with van der Waals surface area (Å²) in [6.45, 7) is 9.13. The first-order valence-electron chi connectivity index (χ1n) is 13.6. The Kier molecular flexibility index (Phi) is 6.93. The summed E-state index contributed by atoms with van der Waals surface area (Å²) in [5.74, 6) is 0.990. The van der Waals surface area contributed by atoms with Gasteiger partial charge in [0.25, 0.3) is 5.89 Å². The number of carbonyl (C=O) groups excluding carboxylic acids is 1. The molecule has 6 rings (SSSR count). The zero-order valence-corrected chi connectivity index (χ0v) is 23.3. The number of hydrogen-bond donors (Lipinski definition) is 1. The molecule has 11 nitrogen and oxygen atoms in total. The number of nitrogens with one attached hydrogen (secondary N) is 1. The topological polar surface area (TPSA) is 124 Å². The molecule has 0 unspecified atom stereocenters. The van der Waals surface area contributed by atoms with E-state index in [0.29, 0.717) is 24.3 Å². The summed E-state index contributed by atoms with van der Waals surface area (Å²) in [7, 11) is 1.86. The van der Waals surface area contributed by atoms with Gasteiger partial charge in [-0.15, -0.1) is 10.2 Å². The van der Waals surface area contributed by atoms with Crippen LogP contribution >= 0.6 is 0 Å². The lowest BCUT2D eigenvalue weighted by Crippen LogP contribution is -2.48. The molecule has 1 N–H and O–H groups in total. The van der Waals surface area contributed by atoms with Crippen LogP contribution in [0.5, 0.6) is 0 Å². The van der Waals surface area contributed by atoms with E-state index in [4.69, 9.17) is 14.1 Å². The standard InChI is InChI=1S/C29H34N8O3/c1-29(2,3)27-35-34-26(40-27)25(38)12-18-8-10-37(22-16-39-17-22)14-20-11-19(5-6-23(18)20)24-7-9-30-28(33-24)32-21-13-31-36(4)15-21/h5-7,9,11,13,15,18,22H,8,10,12,14,16-17H2,1-4H3,(H,30,32,33)/t18-/m1/s1. The van der Waals surface area contributed by atoms with Crippen molar-refractivity contribution in [3.8, 4) is 11.3 Å². The van der Waals surface area contributed by atoms with Crippen LogP contribution in [0.25, 0.3) is 11.3 Å². The number of rotatable bonds is 7. The van der Waals surface area contributed by atoms with Crippen LogP contribution in [0.2, 0.25) is 0 Å². The minimum atomic E-state index is -0.309. The van der Waals surface area contributed by atoms with Crippen LogP contribution < -0.4 is 5.32 Å². The summed E-state index contributed by atoms with van der Waals surface area (Å²) in [4.78, 5) is 24.9. The van der Waals surface area contributed by atoms with Gasteiger partial charge in [-0.2, -0.15) is 5.10 Å². The highest BCUT2D eigenvalue weighted by atomic mass is 16.5. The molecule has 3 aromatic heterocycles. The van der Waals surface area contributed by atoms with Gasteiger partial charge in [-0.05, 0) is 42.1 Å². The lowest BCUT2D eigenvalue weighted by atomic mass is 9.87. The number of ether oxygens (including phenoxy) is 1. The summed E-state index contributed by atoms with van der Waals surface area (Å²) < 4.78 is 13.0. The second-order valence-electron chi connectivity index (χ2n) is 11.6. The third kappa shape index (κ3) is 5.52. The van der Waals surface area contributed by atoms with E-state index in [1.165, 1.54) is 11.1 Å². The van der Waals surface area contributed by atoms with E-state index in [1.807, 2.05) is 40.1 Å². The largest absolute Gasteiger partial charge is 0.418 e. The molecule has 0 bridgehead atoms. The maximum absolute atomic E-state index is 13.3. The minimum Gasteiger partial charge on any atom is -0.418 e. The molecule has 0 aliphatic carbocycles. The highest BCUT2D eigenvalue weighted by molar-refractivity contribution is 5.92. The number of fused-ring (bicyclic) bond motifs is 1.